The Morgan fingerprint density at radius 2 is 1.50 bits per heavy atom. The third kappa shape index (κ3) is 9.67. The van der Waals surface area contributed by atoms with E-state index in [-0.39, 0.29) is 42.9 Å². The lowest BCUT2D eigenvalue weighted by atomic mass is 10.1. The SMILES string of the molecule is C=CCOC(=O)C[C@H](NC(=O)c1cc(OC)c(OC)cc1OC[C@H](N)Cc1ccccc1)C(=O)OCc1ccccc1. The number of hydrogen-bond acceptors (Lipinski definition) is 9. The first kappa shape index (κ1) is 31.7. The molecule has 2 atom stereocenters. The highest BCUT2D eigenvalue weighted by molar-refractivity contribution is 6.00. The van der Waals surface area contributed by atoms with Crippen LogP contribution in [0, 0.1) is 0 Å². The molecule has 1 amide bonds. The van der Waals surface area contributed by atoms with Crippen molar-refractivity contribution in [3.63, 3.8) is 0 Å². The van der Waals surface area contributed by atoms with Gasteiger partial charge in [-0.25, -0.2) is 4.79 Å². The summed E-state index contributed by atoms with van der Waals surface area (Å²) < 4.78 is 27.2. The summed E-state index contributed by atoms with van der Waals surface area (Å²) in [7, 11) is 2.88. The number of nitrogens with one attached hydrogen (secondary N) is 1. The molecule has 0 aliphatic heterocycles. The van der Waals surface area contributed by atoms with E-state index >= 15 is 0 Å². The summed E-state index contributed by atoms with van der Waals surface area (Å²) in [6, 6.07) is 19.9. The molecule has 0 aliphatic carbocycles. The van der Waals surface area contributed by atoms with E-state index in [1.165, 1.54) is 32.4 Å². The van der Waals surface area contributed by atoms with Gasteiger partial charge in [-0.05, 0) is 17.5 Å². The van der Waals surface area contributed by atoms with Crippen molar-refractivity contribution in [2.45, 2.75) is 31.5 Å². The summed E-state index contributed by atoms with van der Waals surface area (Å²) >= 11 is 0. The lowest BCUT2D eigenvalue weighted by Crippen LogP contribution is -2.43. The van der Waals surface area contributed by atoms with Crippen LogP contribution in [0.4, 0.5) is 0 Å². The maximum atomic E-state index is 13.6. The predicted molar refractivity (Wildman–Crippen MR) is 156 cm³/mol. The second-order valence-corrected chi connectivity index (χ2v) is 9.26. The van der Waals surface area contributed by atoms with Crippen LogP contribution in [0.1, 0.15) is 27.9 Å². The highest BCUT2D eigenvalue weighted by Crippen LogP contribution is 2.35. The van der Waals surface area contributed by atoms with Gasteiger partial charge in [0.2, 0.25) is 0 Å². The zero-order chi connectivity index (χ0) is 30.3. The van der Waals surface area contributed by atoms with Crippen molar-refractivity contribution in [3.8, 4) is 17.2 Å². The van der Waals surface area contributed by atoms with Gasteiger partial charge in [-0.1, -0.05) is 73.3 Å². The number of esters is 2. The van der Waals surface area contributed by atoms with Gasteiger partial charge in [-0.15, -0.1) is 0 Å². The van der Waals surface area contributed by atoms with Gasteiger partial charge in [0.1, 0.15) is 31.6 Å². The van der Waals surface area contributed by atoms with E-state index in [4.69, 9.17) is 29.4 Å². The van der Waals surface area contributed by atoms with E-state index in [2.05, 4.69) is 11.9 Å². The molecule has 3 rings (SSSR count). The molecule has 3 aromatic rings. The van der Waals surface area contributed by atoms with E-state index in [0.717, 1.165) is 11.1 Å². The van der Waals surface area contributed by atoms with Crippen molar-refractivity contribution in [1.29, 1.82) is 0 Å². The molecule has 10 nitrogen and oxygen atoms in total. The number of methoxy groups -OCH3 is 2. The van der Waals surface area contributed by atoms with E-state index in [9.17, 15) is 14.4 Å². The van der Waals surface area contributed by atoms with Crippen LogP contribution in [-0.4, -0.2) is 57.4 Å². The maximum Gasteiger partial charge on any atom is 0.329 e. The fourth-order valence-corrected chi connectivity index (χ4v) is 3.97. The van der Waals surface area contributed by atoms with Gasteiger partial charge in [0, 0.05) is 18.2 Å². The van der Waals surface area contributed by atoms with Crippen molar-refractivity contribution < 1.29 is 38.1 Å². The van der Waals surface area contributed by atoms with Crippen LogP contribution < -0.4 is 25.3 Å². The van der Waals surface area contributed by atoms with Crippen LogP contribution in [0.25, 0.3) is 0 Å². The average Bonchev–Trinajstić information content (AvgIpc) is 3.01. The van der Waals surface area contributed by atoms with Gasteiger partial charge in [-0.2, -0.15) is 0 Å². The van der Waals surface area contributed by atoms with Crippen LogP contribution in [0.5, 0.6) is 17.2 Å². The molecule has 3 aromatic carbocycles. The third-order valence-electron chi connectivity index (χ3n) is 6.07. The molecule has 0 saturated carbocycles. The molecule has 42 heavy (non-hydrogen) atoms. The summed E-state index contributed by atoms with van der Waals surface area (Å²) in [5.41, 5.74) is 8.13. The van der Waals surface area contributed by atoms with Crippen molar-refractivity contribution in [3.05, 3.63) is 102 Å². The van der Waals surface area contributed by atoms with Crippen molar-refractivity contribution in [2.75, 3.05) is 27.4 Å². The van der Waals surface area contributed by atoms with E-state index in [1.807, 2.05) is 36.4 Å². The van der Waals surface area contributed by atoms with E-state index < -0.39 is 30.3 Å². The summed E-state index contributed by atoms with van der Waals surface area (Å²) in [4.78, 5) is 39.0. The van der Waals surface area contributed by atoms with Gasteiger partial charge in [0.15, 0.2) is 11.5 Å². The molecule has 222 valence electrons. The van der Waals surface area contributed by atoms with Gasteiger partial charge in [0.05, 0.1) is 26.2 Å². The van der Waals surface area contributed by atoms with Crippen LogP contribution >= 0.6 is 0 Å². The number of ether oxygens (including phenoxy) is 5. The zero-order valence-corrected chi connectivity index (χ0v) is 23.7. The first-order chi connectivity index (χ1) is 20.3. The number of carbonyl (C=O) groups is 3. The normalized spacial score (nSPS) is 11.9. The molecule has 0 heterocycles. The average molecular weight is 577 g/mol. The largest absolute Gasteiger partial charge is 0.493 e. The summed E-state index contributed by atoms with van der Waals surface area (Å²) in [5.74, 6) is -1.49. The predicted octanol–water partition coefficient (Wildman–Crippen LogP) is 3.61. The van der Waals surface area contributed by atoms with Crippen molar-refractivity contribution in [1.82, 2.24) is 5.32 Å². The molecule has 0 unspecified atom stereocenters. The first-order valence-electron chi connectivity index (χ1n) is 13.3. The molecule has 0 aromatic heterocycles. The summed E-state index contributed by atoms with van der Waals surface area (Å²) in [6.07, 6.45) is 1.49. The van der Waals surface area contributed by atoms with Gasteiger partial charge in [-0.3, -0.25) is 9.59 Å². The van der Waals surface area contributed by atoms with Crippen LogP contribution in [0.15, 0.2) is 85.5 Å². The molecule has 0 saturated heterocycles. The molecule has 0 spiro atoms. The Labute approximate surface area is 245 Å². The minimum Gasteiger partial charge on any atom is -0.493 e. The minimum absolute atomic E-state index is 0.0416. The first-order valence-corrected chi connectivity index (χ1v) is 13.3. The van der Waals surface area contributed by atoms with Gasteiger partial charge < -0.3 is 34.7 Å². The Kier molecular flexibility index (Phi) is 12.4. The molecule has 0 fully saturated rings. The van der Waals surface area contributed by atoms with E-state index in [1.54, 1.807) is 24.3 Å². The Morgan fingerprint density at radius 3 is 2.12 bits per heavy atom. The molecular formula is C32H36N2O8. The second-order valence-electron chi connectivity index (χ2n) is 9.26. The van der Waals surface area contributed by atoms with Crippen LogP contribution in [0.3, 0.4) is 0 Å². The smallest absolute Gasteiger partial charge is 0.329 e. The Balaban J connectivity index is 1.81. The lowest BCUT2D eigenvalue weighted by Gasteiger charge is -2.20. The third-order valence-corrected chi connectivity index (χ3v) is 6.07. The number of nitrogens with two attached hydrogens (primary N) is 1. The highest BCUT2D eigenvalue weighted by Gasteiger charge is 2.29. The number of benzene rings is 3. The maximum absolute atomic E-state index is 13.6. The van der Waals surface area contributed by atoms with E-state index in [0.29, 0.717) is 12.2 Å². The fourth-order valence-electron chi connectivity index (χ4n) is 3.97. The number of rotatable bonds is 16. The van der Waals surface area contributed by atoms with Gasteiger partial charge >= 0.3 is 11.9 Å². The standard InChI is InChI=1S/C32H36N2O8/c1-4-15-40-30(35)18-26(32(37)42-20-23-13-9-6-10-14-23)34-31(36)25-17-28(38-2)29(39-3)19-27(25)41-21-24(33)16-22-11-7-5-8-12-22/h4-14,17,19,24,26H,1,15-16,18,20-21,33H2,2-3H3,(H,34,36)/t24-,26+/m1/s1. The Hall–Kier alpha value is -4.83. The van der Waals surface area contributed by atoms with Crippen molar-refractivity contribution >= 4 is 17.8 Å². The topological polar surface area (TPSA) is 135 Å². The highest BCUT2D eigenvalue weighted by atomic mass is 16.5. The molecule has 0 aliphatic rings. The molecule has 0 bridgehead atoms. The second kappa shape index (κ2) is 16.4. The lowest BCUT2D eigenvalue weighted by molar-refractivity contribution is -0.152. The fraction of sp³-hybridized carbons (Fsp3) is 0.281. The number of carbonyl (C=O) groups excluding carboxylic acids is 3. The number of hydrogen-bond donors (Lipinski definition) is 2. The quantitative estimate of drug-likeness (QED) is 0.194. The minimum atomic E-state index is -1.35. The van der Waals surface area contributed by atoms with Gasteiger partial charge in [0.25, 0.3) is 5.91 Å². The molecule has 10 heteroatoms. The summed E-state index contributed by atoms with van der Waals surface area (Å²) in [6.45, 7) is 3.50. The monoisotopic (exact) mass is 576 g/mol. The molecule has 3 N–H and O–H groups in total. The molecular weight excluding hydrogens is 540 g/mol. The van der Waals surface area contributed by atoms with Crippen LogP contribution in [0.2, 0.25) is 0 Å². The van der Waals surface area contributed by atoms with Crippen molar-refractivity contribution in [2.24, 2.45) is 5.73 Å². The van der Waals surface area contributed by atoms with Crippen LogP contribution in [-0.2, 0) is 32.1 Å². The number of amides is 1. The Morgan fingerprint density at radius 1 is 0.881 bits per heavy atom. The molecule has 0 radical (unpaired) electrons. The Bertz CT molecular complexity index is 1330. The summed E-state index contributed by atoms with van der Waals surface area (Å²) in [5, 5.41) is 2.59. The zero-order valence-electron chi connectivity index (χ0n) is 23.7.